The fourth-order valence-corrected chi connectivity index (χ4v) is 2.40. The number of carbonyl (C=O) groups is 2. The number of hydrogen-bond acceptors (Lipinski definition) is 7. The van der Waals surface area contributed by atoms with Crippen LogP contribution in [0, 0.1) is 0 Å². The predicted molar refractivity (Wildman–Crippen MR) is 92.1 cm³/mol. The highest BCUT2D eigenvalue weighted by molar-refractivity contribution is 6.27. The third-order valence-electron chi connectivity index (χ3n) is 3.68. The number of carboxylic acids is 2. The number of ether oxygens (including phenoxy) is 4. The zero-order chi connectivity index (χ0) is 19.5. The van der Waals surface area contributed by atoms with Gasteiger partial charge in [-0.05, 0) is 18.9 Å². The molecule has 1 aliphatic rings. The van der Waals surface area contributed by atoms with Crippen LogP contribution in [0.3, 0.4) is 0 Å². The van der Waals surface area contributed by atoms with Gasteiger partial charge < -0.3 is 34.5 Å². The van der Waals surface area contributed by atoms with E-state index in [0.717, 1.165) is 37.3 Å². The summed E-state index contributed by atoms with van der Waals surface area (Å²) in [6, 6.07) is 3.79. The molecule has 26 heavy (non-hydrogen) atoms. The Morgan fingerprint density at radius 2 is 1.65 bits per heavy atom. The standard InChI is InChI=1S/C15H23NO4.C2H2O4/c1-17-13-8-15(19-3)14(18-2)7-11(13)9-16-10-12-5-4-6-20-12;3-1(4)2(5)6/h7-8,12,16H,4-6,9-10H2,1-3H3;(H,3,4)(H,5,6). The molecule has 0 aromatic heterocycles. The highest BCUT2D eigenvalue weighted by atomic mass is 16.5. The molecule has 0 saturated carbocycles. The lowest BCUT2D eigenvalue weighted by Gasteiger charge is -2.15. The van der Waals surface area contributed by atoms with E-state index in [-0.39, 0.29) is 0 Å². The van der Waals surface area contributed by atoms with Gasteiger partial charge in [0.25, 0.3) is 0 Å². The fraction of sp³-hybridized carbons (Fsp3) is 0.529. The van der Waals surface area contributed by atoms with Gasteiger partial charge in [-0.3, -0.25) is 0 Å². The highest BCUT2D eigenvalue weighted by Crippen LogP contribution is 2.34. The smallest absolute Gasteiger partial charge is 0.414 e. The molecule has 1 saturated heterocycles. The molecule has 2 rings (SSSR count). The summed E-state index contributed by atoms with van der Waals surface area (Å²) >= 11 is 0. The summed E-state index contributed by atoms with van der Waals surface area (Å²) in [5, 5.41) is 18.2. The Hall–Kier alpha value is -2.52. The van der Waals surface area contributed by atoms with E-state index in [0.29, 0.717) is 24.1 Å². The number of rotatable bonds is 7. The Morgan fingerprint density at radius 1 is 1.08 bits per heavy atom. The molecule has 3 N–H and O–H groups in total. The Kier molecular flexibility index (Phi) is 9.24. The van der Waals surface area contributed by atoms with Gasteiger partial charge in [0.2, 0.25) is 0 Å². The Bertz CT molecular complexity index is 587. The number of aliphatic carboxylic acids is 2. The lowest BCUT2D eigenvalue weighted by Crippen LogP contribution is -2.26. The molecule has 0 spiro atoms. The van der Waals surface area contributed by atoms with Crippen molar-refractivity contribution in [3.05, 3.63) is 17.7 Å². The maximum absolute atomic E-state index is 9.10. The van der Waals surface area contributed by atoms with Crippen LogP contribution in [-0.4, -0.2) is 62.7 Å². The number of methoxy groups -OCH3 is 3. The number of carboxylic acid groups (broad SMARTS) is 2. The van der Waals surface area contributed by atoms with E-state index in [1.54, 1.807) is 21.3 Å². The largest absolute Gasteiger partial charge is 0.496 e. The van der Waals surface area contributed by atoms with Gasteiger partial charge in [-0.15, -0.1) is 0 Å². The van der Waals surface area contributed by atoms with Crippen LogP contribution < -0.4 is 19.5 Å². The van der Waals surface area contributed by atoms with Gasteiger partial charge in [-0.1, -0.05) is 0 Å². The van der Waals surface area contributed by atoms with Gasteiger partial charge in [-0.2, -0.15) is 0 Å². The summed E-state index contributed by atoms with van der Waals surface area (Å²) in [6.07, 6.45) is 2.63. The van der Waals surface area contributed by atoms with E-state index in [1.165, 1.54) is 0 Å². The van der Waals surface area contributed by atoms with Gasteiger partial charge in [0.1, 0.15) is 5.75 Å². The Morgan fingerprint density at radius 3 is 2.12 bits per heavy atom. The van der Waals surface area contributed by atoms with E-state index in [1.807, 2.05) is 12.1 Å². The van der Waals surface area contributed by atoms with E-state index < -0.39 is 11.9 Å². The minimum absolute atomic E-state index is 0.334. The van der Waals surface area contributed by atoms with Crippen molar-refractivity contribution >= 4 is 11.9 Å². The molecular weight excluding hydrogens is 346 g/mol. The maximum Gasteiger partial charge on any atom is 0.414 e. The fourth-order valence-electron chi connectivity index (χ4n) is 2.40. The highest BCUT2D eigenvalue weighted by Gasteiger charge is 2.16. The summed E-state index contributed by atoms with van der Waals surface area (Å²) in [5.41, 5.74) is 1.04. The molecule has 9 heteroatoms. The van der Waals surface area contributed by atoms with Gasteiger partial charge in [0.05, 0.1) is 27.4 Å². The molecule has 0 aliphatic carbocycles. The van der Waals surface area contributed by atoms with Crippen molar-refractivity contribution in [3.8, 4) is 17.2 Å². The van der Waals surface area contributed by atoms with Crippen LogP contribution in [0.1, 0.15) is 18.4 Å². The van der Waals surface area contributed by atoms with Crippen LogP contribution >= 0.6 is 0 Å². The van der Waals surface area contributed by atoms with Gasteiger partial charge in [0.15, 0.2) is 11.5 Å². The van der Waals surface area contributed by atoms with E-state index in [2.05, 4.69) is 5.32 Å². The van der Waals surface area contributed by atoms with Crippen LogP contribution in [0.25, 0.3) is 0 Å². The molecule has 0 radical (unpaired) electrons. The monoisotopic (exact) mass is 371 g/mol. The van der Waals surface area contributed by atoms with Crippen molar-refractivity contribution in [1.29, 1.82) is 0 Å². The Balaban J connectivity index is 0.000000487. The number of benzene rings is 1. The van der Waals surface area contributed by atoms with E-state index >= 15 is 0 Å². The lowest BCUT2D eigenvalue weighted by molar-refractivity contribution is -0.159. The second-order valence-electron chi connectivity index (χ2n) is 5.40. The topological polar surface area (TPSA) is 124 Å². The first-order valence-corrected chi connectivity index (χ1v) is 8.00. The minimum Gasteiger partial charge on any atom is -0.496 e. The molecule has 146 valence electrons. The summed E-state index contributed by atoms with van der Waals surface area (Å²) in [7, 11) is 4.91. The molecule has 1 aromatic rings. The quantitative estimate of drug-likeness (QED) is 0.605. The maximum atomic E-state index is 9.10. The van der Waals surface area contributed by atoms with Crippen molar-refractivity contribution in [2.24, 2.45) is 0 Å². The van der Waals surface area contributed by atoms with Crippen molar-refractivity contribution in [1.82, 2.24) is 5.32 Å². The number of hydrogen-bond donors (Lipinski definition) is 3. The average Bonchev–Trinajstić information content (AvgIpc) is 3.15. The summed E-state index contributed by atoms with van der Waals surface area (Å²) in [5.74, 6) is -1.47. The van der Waals surface area contributed by atoms with Crippen LogP contribution in [0.4, 0.5) is 0 Å². The summed E-state index contributed by atoms with van der Waals surface area (Å²) in [6.45, 7) is 2.45. The minimum atomic E-state index is -1.82. The molecule has 0 bridgehead atoms. The number of nitrogens with one attached hydrogen (secondary N) is 1. The first-order chi connectivity index (χ1) is 12.4. The second kappa shape index (κ2) is 11.2. The molecule has 1 aromatic carbocycles. The first-order valence-electron chi connectivity index (χ1n) is 8.00. The van der Waals surface area contributed by atoms with Crippen molar-refractivity contribution in [2.75, 3.05) is 34.5 Å². The zero-order valence-corrected chi connectivity index (χ0v) is 15.1. The molecule has 1 atom stereocenters. The molecule has 9 nitrogen and oxygen atoms in total. The summed E-state index contributed by atoms with van der Waals surface area (Å²) < 4.78 is 21.6. The van der Waals surface area contributed by atoms with Gasteiger partial charge in [-0.25, -0.2) is 9.59 Å². The van der Waals surface area contributed by atoms with Gasteiger partial charge in [0, 0.05) is 31.3 Å². The third kappa shape index (κ3) is 6.77. The molecule has 1 fully saturated rings. The molecule has 0 amide bonds. The molecule has 1 aliphatic heterocycles. The van der Waals surface area contributed by atoms with Crippen molar-refractivity contribution < 1.29 is 38.7 Å². The first kappa shape index (κ1) is 21.5. The van der Waals surface area contributed by atoms with Crippen LogP contribution in [0.2, 0.25) is 0 Å². The van der Waals surface area contributed by atoms with Gasteiger partial charge >= 0.3 is 11.9 Å². The zero-order valence-electron chi connectivity index (χ0n) is 15.1. The second-order valence-corrected chi connectivity index (χ2v) is 5.40. The SMILES string of the molecule is COc1cc(OC)c(OC)cc1CNCC1CCCO1.O=C(O)C(=O)O. The van der Waals surface area contributed by atoms with Crippen LogP contribution in [0.15, 0.2) is 12.1 Å². The van der Waals surface area contributed by atoms with E-state index in [4.69, 9.17) is 38.7 Å². The average molecular weight is 371 g/mol. The summed E-state index contributed by atoms with van der Waals surface area (Å²) in [4.78, 5) is 18.2. The van der Waals surface area contributed by atoms with Crippen molar-refractivity contribution in [2.45, 2.75) is 25.5 Å². The predicted octanol–water partition coefficient (Wildman–Crippen LogP) is 1.14. The normalized spacial score (nSPS) is 15.6. The van der Waals surface area contributed by atoms with Crippen LogP contribution in [-0.2, 0) is 20.9 Å². The van der Waals surface area contributed by atoms with E-state index in [9.17, 15) is 0 Å². The van der Waals surface area contributed by atoms with Crippen LogP contribution in [0.5, 0.6) is 17.2 Å². The Labute approximate surface area is 151 Å². The third-order valence-corrected chi connectivity index (χ3v) is 3.68. The lowest BCUT2D eigenvalue weighted by atomic mass is 10.1. The molecular formula is C17H25NO8. The molecule has 1 heterocycles. The van der Waals surface area contributed by atoms with Crippen molar-refractivity contribution in [3.63, 3.8) is 0 Å². The molecule has 1 unspecified atom stereocenters.